The topological polar surface area (TPSA) is 221 Å². The number of nitrogens with two attached hydrogens (primary N) is 1. The number of benzene rings is 2. The number of anilines is 1. The Labute approximate surface area is 407 Å². The van der Waals surface area contributed by atoms with E-state index in [4.69, 9.17) is 71.6 Å². The highest BCUT2D eigenvalue weighted by Crippen LogP contribution is 2.36. The summed E-state index contributed by atoms with van der Waals surface area (Å²) in [5, 5.41) is 8.29. The molecular weight excluding hydrogens is 992 g/mol. The van der Waals surface area contributed by atoms with E-state index in [0.717, 1.165) is 42.8 Å². The SMILES string of the molecule is C=CCN(CC=C)C(=O)C(Cl)Cl.CC(C)OC(=O)c1cc(-n2c(=O)cc(C(F)(F)F)n(C)c2=O)ccc1Cl.CCc1cccc(CC)c1N(COC)C(=O)CCl.CP(=O)(O)CCC(N)C(=O)O. The monoisotopic (exact) mass is 1050 g/mol. The molecule has 1 heterocycles. The summed E-state index contributed by atoms with van der Waals surface area (Å²) in [4.78, 5) is 80.5. The van der Waals surface area contributed by atoms with Gasteiger partial charge in [-0.3, -0.25) is 33.2 Å². The molecule has 0 saturated carbocycles. The minimum Gasteiger partial charge on any atom is -0.480 e. The Morgan fingerprint density at radius 3 is 1.94 bits per heavy atom. The van der Waals surface area contributed by atoms with Gasteiger partial charge in [-0.1, -0.05) is 79.0 Å². The number of halogens is 7. The maximum absolute atomic E-state index is 12.9. The zero-order valence-corrected chi connectivity index (χ0v) is 41.9. The fourth-order valence-corrected chi connectivity index (χ4v) is 6.82. The van der Waals surface area contributed by atoms with E-state index in [1.54, 1.807) is 38.0 Å². The smallest absolute Gasteiger partial charge is 0.431 e. The van der Waals surface area contributed by atoms with E-state index in [-0.39, 0.29) is 53.3 Å². The van der Waals surface area contributed by atoms with Crippen molar-refractivity contribution in [2.75, 3.05) is 50.5 Å². The molecule has 0 saturated heterocycles. The van der Waals surface area contributed by atoms with E-state index in [1.165, 1.54) is 23.7 Å². The van der Waals surface area contributed by atoms with Gasteiger partial charge in [0.15, 0.2) is 12.2 Å². The molecule has 2 aromatic carbocycles. The van der Waals surface area contributed by atoms with Crippen molar-refractivity contribution < 1.29 is 56.4 Å². The maximum atomic E-state index is 12.9. The van der Waals surface area contributed by atoms with Gasteiger partial charge in [-0.25, -0.2) is 14.2 Å². The van der Waals surface area contributed by atoms with Crippen LogP contribution in [-0.2, 0) is 54.5 Å². The number of methoxy groups -OCH3 is 1. The quantitative estimate of drug-likeness (QED) is 0.0372. The molecule has 2 unspecified atom stereocenters. The van der Waals surface area contributed by atoms with E-state index in [2.05, 4.69) is 27.0 Å². The van der Waals surface area contributed by atoms with Gasteiger partial charge in [0.05, 0.1) is 28.1 Å². The largest absolute Gasteiger partial charge is 0.480 e. The van der Waals surface area contributed by atoms with E-state index in [0.29, 0.717) is 28.3 Å². The molecule has 4 N–H and O–H groups in total. The molecule has 374 valence electrons. The van der Waals surface area contributed by atoms with E-state index >= 15 is 0 Å². The average Bonchev–Trinajstić information content (AvgIpc) is 3.25. The molecule has 0 aliphatic heterocycles. The van der Waals surface area contributed by atoms with E-state index in [1.807, 2.05) is 18.2 Å². The number of hydrogen-bond acceptors (Lipinski definition) is 10. The molecule has 16 nitrogen and oxygen atoms in total. The lowest BCUT2D eigenvalue weighted by Gasteiger charge is -2.26. The fraction of sp³-hybridized carbons (Fsp3) is 0.442. The van der Waals surface area contributed by atoms with Crippen molar-refractivity contribution >= 4 is 83.2 Å². The number of carbonyl (C=O) groups excluding carboxylic acids is 3. The predicted octanol–water partition coefficient (Wildman–Crippen LogP) is 7.44. The molecule has 3 aromatic rings. The predicted molar refractivity (Wildman–Crippen MR) is 256 cm³/mol. The molecule has 0 radical (unpaired) electrons. The fourth-order valence-electron chi connectivity index (χ4n) is 5.45. The van der Waals surface area contributed by atoms with Crippen LogP contribution in [0.2, 0.25) is 5.02 Å². The Morgan fingerprint density at radius 2 is 1.54 bits per heavy atom. The van der Waals surface area contributed by atoms with Gasteiger partial charge < -0.3 is 30.1 Å². The number of ether oxygens (including phenoxy) is 2. The zero-order valence-electron chi connectivity index (χ0n) is 38.0. The van der Waals surface area contributed by atoms with Crippen molar-refractivity contribution in [2.45, 2.75) is 70.1 Å². The number of hydrogen-bond donors (Lipinski definition) is 3. The molecule has 0 bridgehead atoms. The summed E-state index contributed by atoms with van der Waals surface area (Å²) in [6.45, 7) is 16.7. The molecule has 67 heavy (non-hydrogen) atoms. The number of para-hydroxylation sites is 1. The summed E-state index contributed by atoms with van der Waals surface area (Å²) >= 11 is 22.4. The standard InChI is InChI=1S/C16H14ClF3N2O4.C14H20ClNO2.C8H11Cl2NO.C5H12NO4P/c1-8(2)26-14(24)10-6-9(4-5-11(10)17)22-13(23)7-12(16(18,19)20)21(3)15(22)25;1-4-11-7-6-8-12(5-2)14(11)16(10-18-3)13(17)9-15;1-3-5-11(6-4-2)8(12)7(9)10;1-11(9,10)3-2-4(6)5(7)8/h4-8H,1-3H3;6-8H,4-5,9-10H2,1-3H3;3-4,7H,1-2,5-6H2;4H,2-3,6H2,1H3,(H,7,8)(H,9,10). The van der Waals surface area contributed by atoms with Gasteiger partial charge in [0.1, 0.15) is 24.3 Å². The number of aliphatic carboxylic acids is 1. The maximum Gasteiger partial charge on any atom is 0.431 e. The van der Waals surface area contributed by atoms with Gasteiger partial charge in [-0.05, 0) is 62.4 Å². The summed E-state index contributed by atoms with van der Waals surface area (Å²) in [6, 6.07) is 8.98. The zero-order chi connectivity index (χ0) is 52.0. The second-order valence-electron chi connectivity index (χ2n) is 14.3. The first kappa shape index (κ1) is 62.5. The first-order valence-corrected chi connectivity index (χ1v) is 24.1. The highest BCUT2D eigenvalue weighted by Gasteiger charge is 2.35. The molecule has 24 heteroatoms. The van der Waals surface area contributed by atoms with Gasteiger partial charge in [0.25, 0.3) is 11.5 Å². The van der Waals surface area contributed by atoms with Crippen molar-refractivity contribution in [1.29, 1.82) is 0 Å². The van der Waals surface area contributed by atoms with Crippen molar-refractivity contribution in [2.24, 2.45) is 12.8 Å². The Balaban J connectivity index is 0.000000927. The van der Waals surface area contributed by atoms with Crippen LogP contribution < -0.4 is 21.9 Å². The van der Waals surface area contributed by atoms with E-state index < -0.39 is 59.4 Å². The third-order valence-corrected chi connectivity index (χ3v) is 10.7. The van der Waals surface area contributed by atoms with E-state index in [9.17, 15) is 46.5 Å². The summed E-state index contributed by atoms with van der Waals surface area (Å²) in [7, 11) is -0.631. The number of aryl methyl sites for hydroxylation is 2. The normalized spacial score (nSPS) is 12.1. The number of carboxylic acids is 1. The van der Waals surface area contributed by atoms with Crippen LogP contribution in [0.15, 0.2) is 77.4 Å². The average molecular weight is 1050 g/mol. The lowest BCUT2D eigenvalue weighted by atomic mass is 10.0. The number of alkyl halides is 6. The summed E-state index contributed by atoms with van der Waals surface area (Å²) < 4.78 is 60.3. The molecule has 0 fully saturated rings. The van der Waals surface area contributed by atoms with Crippen LogP contribution in [0.3, 0.4) is 0 Å². The lowest BCUT2D eigenvalue weighted by molar-refractivity contribution is -0.144. The Morgan fingerprint density at radius 1 is 1.00 bits per heavy atom. The van der Waals surface area contributed by atoms with Crippen LogP contribution in [-0.4, -0.2) is 110 Å². The molecule has 1 aromatic heterocycles. The Bertz CT molecular complexity index is 2290. The summed E-state index contributed by atoms with van der Waals surface area (Å²) in [5.41, 5.74) is 4.33. The first-order chi connectivity index (χ1) is 31.1. The molecule has 0 spiro atoms. The van der Waals surface area contributed by atoms with Crippen LogP contribution in [0, 0.1) is 0 Å². The summed E-state index contributed by atoms with van der Waals surface area (Å²) in [6.07, 6.45) is -0.338. The van der Waals surface area contributed by atoms with Crippen LogP contribution in [0.5, 0.6) is 0 Å². The molecule has 2 amide bonds. The lowest BCUT2D eigenvalue weighted by Crippen LogP contribution is -2.40. The summed E-state index contributed by atoms with van der Waals surface area (Å²) in [5.74, 6) is -2.42. The number of carboxylic acid groups (broad SMARTS) is 1. The van der Waals surface area contributed by atoms with Gasteiger partial charge >= 0.3 is 23.8 Å². The molecular formula is C43H57Cl4F3N5O11P. The number of amides is 2. The highest BCUT2D eigenvalue weighted by molar-refractivity contribution is 7.57. The number of esters is 1. The number of aromatic nitrogens is 2. The van der Waals surface area contributed by atoms with Crippen molar-refractivity contribution in [1.82, 2.24) is 14.0 Å². The van der Waals surface area contributed by atoms with Crippen molar-refractivity contribution in [3.63, 3.8) is 0 Å². The minimum absolute atomic E-state index is 0.0104. The second kappa shape index (κ2) is 30.1. The number of carbonyl (C=O) groups is 4. The van der Waals surface area contributed by atoms with Crippen molar-refractivity contribution in [3.8, 4) is 5.69 Å². The van der Waals surface area contributed by atoms with Crippen LogP contribution in [0.1, 0.15) is 61.3 Å². The van der Waals surface area contributed by atoms with Gasteiger partial charge in [-0.2, -0.15) is 13.2 Å². The number of rotatable bonds is 18. The Hall–Kier alpha value is -4.46. The number of nitrogens with zero attached hydrogens (tertiary/aromatic N) is 4. The molecule has 0 aliphatic rings. The Kier molecular flexibility index (Phi) is 28.1. The molecule has 2 atom stereocenters. The van der Waals surface area contributed by atoms with Crippen LogP contribution in [0.4, 0.5) is 18.9 Å². The third kappa shape index (κ3) is 21.2. The molecule has 3 rings (SSSR count). The van der Waals surface area contributed by atoms with Crippen LogP contribution >= 0.6 is 53.8 Å². The highest BCUT2D eigenvalue weighted by atomic mass is 35.5. The van der Waals surface area contributed by atoms with Crippen LogP contribution in [0.25, 0.3) is 5.69 Å². The third-order valence-electron chi connectivity index (χ3n) is 8.66. The minimum atomic E-state index is -4.86. The van der Waals surface area contributed by atoms with Gasteiger partial charge in [-0.15, -0.1) is 24.8 Å². The van der Waals surface area contributed by atoms with Crippen molar-refractivity contribution in [3.05, 3.63) is 116 Å². The van der Waals surface area contributed by atoms with Gasteiger partial charge in [0.2, 0.25) is 5.91 Å². The van der Waals surface area contributed by atoms with Gasteiger partial charge in [0, 0.05) is 46.1 Å². The second-order valence-corrected chi connectivity index (χ2v) is 18.6. The molecule has 0 aliphatic carbocycles. The first-order valence-electron chi connectivity index (χ1n) is 20.0.